The monoisotopic (exact) mass is 537 g/mol. The maximum atomic E-state index is 13.0. The van der Waals surface area contributed by atoms with Gasteiger partial charge in [0.15, 0.2) is 0 Å². The highest BCUT2D eigenvalue weighted by atomic mass is 35.5. The zero-order chi connectivity index (χ0) is 26.7. The molecule has 8 nitrogen and oxygen atoms in total. The largest absolute Gasteiger partial charge is 0.465 e. The number of hydrogen-bond acceptors (Lipinski definition) is 6. The Morgan fingerprint density at radius 3 is 2.19 bits per heavy atom. The van der Waals surface area contributed by atoms with Gasteiger partial charge in [-0.15, -0.1) is 0 Å². The Balaban J connectivity index is 1.40. The van der Waals surface area contributed by atoms with Gasteiger partial charge in [-0.1, -0.05) is 41.4 Å². The highest BCUT2D eigenvalue weighted by Crippen LogP contribution is 2.34. The van der Waals surface area contributed by atoms with Crippen molar-refractivity contribution >= 4 is 64.0 Å². The van der Waals surface area contributed by atoms with Gasteiger partial charge in [-0.2, -0.15) is 0 Å². The van der Waals surface area contributed by atoms with Gasteiger partial charge in [0.05, 0.1) is 24.8 Å². The van der Waals surface area contributed by atoms with Crippen LogP contribution in [0.3, 0.4) is 0 Å². The van der Waals surface area contributed by atoms with Gasteiger partial charge in [0.1, 0.15) is 10.7 Å². The first-order chi connectivity index (χ1) is 17.7. The smallest absolute Gasteiger partial charge is 0.337 e. The van der Waals surface area contributed by atoms with Crippen LogP contribution in [0, 0.1) is 6.92 Å². The number of hydrogen-bond donors (Lipinski definition) is 2. The second kappa shape index (κ2) is 10.9. The van der Waals surface area contributed by atoms with Crippen LogP contribution in [0.2, 0.25) is 5.02 Å². The lowest BCUT2D eigenvalue weighted by atomic mass is 10.1. The van der Waals surface area contributed by atoms with E-state index in [1.807, 2.05) is 0 Å². The topological polar surface area (TPSA) is 105 Å². The Hall–Kier alpha value is -4.14. The van der Waals surface area contributed by atoms with Crippen LogP contribution >= 0.6 is 23.2 Å². The number of amides is 3. The number of esters is 1. The van der Waals surface area contributed by atoms with Gasteiger partial charge in [-0.3, -0.25) is 14.4 Å². The van der Waals surface area contributed by atoms with Gasteiger partial charge in [-0.05, 0) is 66.6 Å². The van der Waals surface area contributed by atoms with Crippen molar-refractivity contribution in [3.05, 3.63) is 99.2 Å². The molecule has 3 aromatic rings. The number of methoxy groups -OCH3 is 1. The first kappa shape index (κ1) is 25.9. The summed E-state index contributed by atoms with van der Waals surface area (Å²) in [5.41, 5.74) is 3.05. The third kappa shape index (κ3) is 5.50. The molecular formula is C27H21Cl2N3O5. The molecule has 188 valence electrons. The van der Waals surface area contributed by atoms with E-state index in [4.69, 9.17) is 23.2 Å². The van der Waals surface area contributed by atoms with Crippen LogP contribution in [0.1, 0.15) is 21.5 Å². The molecular weight excluding hydrogens is 517 g/mol. The lowest BCUT2D eigenvalue weighted by Crippen LogP contribution is -2.32. The molecule has 4 rings (SSSR count). The molecule has 3 aromatic carbocycles. The van der Waals surface area contributed by atoms with Crippen LogP contribution in [-0.2, 0) is 25.5 Å². The summed E-state index contributed by atoms with van der Waals surface area (Å²) in [6.45, 7) is 1.71. The Morgan fingerprint density at radius 1 is 0.892 bits per heavy atom. The summed E-state index contributed by atoms with van der Waals surface area (Å²) in [7, 11) is 1.30. The fraction of sp³-hybridized carbons (Fsp3) is 0.111. The average Bonchev–Trinajstić information content (AvgIpc) is 3.09. The minimum atomic E-state index is -0.646. The van der Waals surface area contributed by atoms with Crippen LogP contribution in [0.25, 0.3) is 0 Å². The van der Waals surface area contributed by atoms with Crippen LogP contribution < -0.4 is 15.5 Å². The molecule has 0 fully saturated rings. The molecule has 0 saturated heterocycles. The van der Waals surface area contributed by atoms with E-state index in [0.717, 1.165) is 10.5 Å². The van der Waals surface area contributed by atoms with Crippen molar-refractivity contribution in [2.24, 2.45) is 0 Å². The fourth-order valence-electron chi connectivity index (χ4n) is 3.72. The van der Waals surface area contributed by atoms with Crippen LogP contribution in [0.5, 0.6) is 0 Å². The number of nitrogens with one attached hydrogen (secondary N) is 2. The molecule has 3 amide bonds. The summed E-state index contributed by atoms with van der Waals surface area (Å²) in [6.07, 6.45) is 0.0989. The van der Waals surface area contributed by atoms with Crippen molar-refractivity contribution in [3.8, 4) is 0 Å². The zero-order valence-electron chi connectivity index (χ0n) is 19.8. The summed E-state index contributed by atoms with van der Waals surface area (Å²) >= 11 is 12.4. The fourth-order valence-corrected chi connectivity index (χ4v) is 4.10. The molecule has 37 heavy (non-hydrogen) atoms. The van der Waals surface area contributed by atoms with E-state index in [9.17, 15) is 19.2 Å². The van der Waals surface area contributed by atoms with E-state index < -0.39 is 17.8 Å². The van der Waals surface area contributed by atoms with Crippen molar-refractivity contribution in [2.45, 2.75) is 13.3 Å². The number of carbonyl (C=O) groups excluding carboxylic acids is 4. The highest BCUT2D eigenvalue weighted by molar-refractivity contribution is 6.53. The number of anilines is 3. The molecule has 0 aromatic heterocycles. The third-order valence-corrected chi connectivity index (χ3v) is 6.45. The van der Waals surface area contributed by atoms with Gasteiger partial charge in [-0.25, -0.2) is 9.69 Å². The van der Waals surface area contributed by atoms with Crippen molar-refractivity contribution < 1.29 is 23.9 Å². The molecule has 0 aliphatic carbocycles. The van der Waals surface area contributed by atoms with E-state index in [2.05, 4.69) is 15.4 Å². The second-order valence-electron chi connectivity index (χ2n) is 8.13. The Bertz CT molecular complexity index is 1430. The Morgan fingerprint density at radius 2 is 1.54 bits per heavy atom. The lowest BCUT2D eigenvalue weighted by molar-refractivity contribution is -0.120. The Kier molecular flexibility index (Phi) is 7.61. The molecule has 1 aliphatic heterocycles. The minimum Gasteiger partial charge on any atom is -0.465 e. The molecule has 10 heteroatoms. The molecule has 0 unspecified atom stereocenters. The van der Waals surface area contributed by atoms with Gasteiger partial charge < -0.3 is 15.4 Å². The van der Waals surface area contributed by atoms with Crippen molar-refractivity contribution in [1.82, 2.24) is 0 Å². The summed E-state index contributed by atoms with van der Waals surface area (Å²) in [4.78, 5) is 50.7. The number of ether oxygens (including phenoxy) is 1. The van der Waals surface area contributed by atoms with Crippen molar-refractivity contribution in [1.29, 1.82) is 0 Å². The number of halogens is 2. The van der Waals surface area contributed by atoms with Gasteiger partial charge in [0, 0.05) is 16.4 Å². The summed E-state index contributed by atoms with van der Waals surface area (Å²) < 4.78 is 4.65. The first-order valence-electron chi connectivity index (χ1n) is 11.1. The van der Waals surface area contributed by atoms with Gasteiger partial charge >= 0.3 is 5.97 Å². The van der Waals surface area contributed by atoms with Crippen LogP contribution in [0.15, 0.2) is 77.5 Å². The number of carbonyl (C=O) groups is 4. The average molecular weight is 538 g/mol. The molecule has 0 spiro atoms. The van der Waals surface area contributed by atoms with E-state index in [1.165, 1.54) is 7.11 Å². The van der Waals surface area contributed by atoms with Crippen LogP contribution in [0.4, 0.5) is 17.1 Å². The molecule has 0 bridgehead atoms. The summed E-state index contributed by atoms with van der Waals surface area (Å²) in [5.74, 6) is -1.95. The van der Waals surface area contributed by atoms with E-state index in [0.29, 0.717) is 33.2 Å². The van der Waals surface area contributed by atoms with Gasteiger partial charge in [0.2, 0.25) is 5.91 Å². The number of rotatable bonds is 7. The molecule has 0 saturated carbocycles. The maximum absolute atomic E-state index is 13.0. The quantitative estimate of drug-likeness (QED) is 0.322. The molecule has 1 aliphatic rings. The molecule has 0 atom stereocenters. The first-order valence-corrected chi connectivity index (χ1v) is 11.8. The third-order valence-electron chi connectivity index (χ3n) is 5.69. The zero-order valence-corrected chi connectivity index (χ0v) is 21.3. The van der Waals surface area contributed by atoms with Crippen molar-refractivity contribution in [2.75, 3.05) is 22.6 Å². The summed E-state index contributed by atoms with van der Waals surface area (Å²) in [6, 6.07) is 18.1. The Labute approximate surface area is 222 Å². The predicted octanol–water partition coefficient (Wildman–Crippen LogP) is 5.05. The molecule has 2 N–H and O–H groups in total. The molecule has 1 heterocycles. The highest BCUT2D eigenvalue weighted by Gasteiger charge is 2.39. The number of imide groups is 1. The van der Waals surface area contributed by atoms with E-state index in [-0.39, 0.29) is 23.1 Å². The van der Waals surface area contributed by atoms with Crippen LogP contribution in [-0.4, -0.2) is 30.8 Å². The molecule has 0 radical (unpaired) electrons. The van der Waals surface area contributed by atoms with E-state index >= 15 is 0 Å². The number of benzene rings is 3. The predicted molar refractivity (Wildman–Crippen MR) is 142 cm³/mol. The van der Waals surface area contributed by atoms with Gasteiger partial charge in [0.25, 0.3) is 11.8 Å². The number of nitrogens with zero attached hydrogens (tertiary/aromatic N) is 1. The standard InChI is InChI=1S/C27H21Cl2N3O5/c1-15-20(28)4-3-5-21(15)32-25(34)23(29)24(26(32)35)31-19-10-6-16(7-11-19)14-22(33)30-18-12-8-17(9-13-18)27(36)37-2/h3-13,31H,14H2,1-2H3,(H,30,33). The van der Waals surface area contributed by atoms with Crippen molar-refractivity contribution in [3.63, 3.8) is 0 Å². The normalized spacial score (nSPS) is 13.1. The summed E-state index contributed by atoms with van der Waals surface area (Å²) in [5, 5.41) is 5.87. The maximum Gasteiger partial charge on any atom is 0.337 e. The van der Waals surface area contributed by atoms with E-state index in [1.54, 1.807) is 73.7 Å². The lowest BCUT2D eigenvalue weighted by Gasteiger charge is -2.18. The SMILES string of the molecule is COC(=O)c1ccc(NC(=O)Cc2ccc(NC3=C(Cl)C(=O)N(c4cccc(Cl)c4C)C3=O)cc2)cc1. The minimum absolute atomic E-state index is 0.0491. The second-order valence-corrected chi connectivity index (χ2v) is 8.92.